The van der Waals surface area contributed by atoms with Crippen molar-refractivity contribution in [2.45, 2.75) is 6.04 Å². The van der Waals surface area contributed by atoms with Gasteiger partial charge in [-0.2, -0.15) is 0 Å². The van der Waals surface area contributed by atoms with Crippen LogP contribution in [0.5, 0.6) is 0 Å². The molecule has 1 rings (SSSR count). The molecule has 88 valence electrons. The largest absolute Gasteiger partial charge is 0.394 e. The standard InChI is InChI=1S/C10H13ClN2O3/c1-16-6-8(5-14)13-10(15)7-2-3-9(11)12-4-7/h2-4,8,14H,5-6H2,1H3,(H,13,15). The molecule has 5 nitrogen and oxygen atoms in total. The van der Waals surface area contributed by atoms with E-state index in [1.54, 1.807) is 6.07 Å². The molecule has 2 N–H and O–H groups in total. The van der Waals surface area contributed by atoms with E-state index in [1.807, 2.05) is 0 Å². The quantitative estimate of drug-likeness (QED) is 0.739. The fourth-order valence-corrected chi connectivity index (χ4v) is 1.23. The SMILES string of the molecule is COCC(CO)NC(=O)c1ccc(Cl)nc1. The van der Waals surface area contributed by atoms with Crippen LogP contribution in [-0.4, -0.2) is 42.4 Å². The van der Waals surface area contributed by atoms with Crippen molar-refractivity contribution in [3.8, 4) is 0 Å². The molecule has 0 radical (unpaired) electrons. The molecular formula is C10H13ClN2O3. The third-order valence-electron chi connectivity index (χ3n) is 1.91. The van der Waals surface area contributed by atoms with Crippen LogP contribution >= 0.6 is 11.6 Å². The van der Waals surface area contributed by atoms with Crippen LogP contribution in [0.4, 0.5) is 0 Å². The van der Waals surface area contributed by atoms with E-state index in [0.29, 0.717) is 10.7 Å². The smallest absolute Gasteiger partial charge is 0.253 e. The fourth-order valence-electron chi connectivity index (χ4n) is 1.12. The number of hydrogen-bond acceptors (Lipinski definition) is 4. The minimum Gasteiger partial charge on any atom is -0.394 e. The first-order chi connectivity index (χ1) is 7.67. The molecule has 0 aliphatic carbocycles. The molecule has 0 saturated carbocycles. The molecule has 0 fully saturated rings. The molecule has 1 heterocycles. The normalized spacial score (nSPS) is 12.2. The number of aromatic nitrogens is 1. The van der Waals surface area contributed by atoms with E-state index < -0.39 is 6.04 Å². The van der Waals surface area contributed by atoms with Gasteiger partial charge in [0, 0.05) is 13.3 Å². The number of amides is 1. The highest BCUT2D eigenvalue weighted by Crippen LogP contribution is 2.05. The molecule has 0 saturated heterocycles. The number of rotatable bonds is 5. The maximum absolute atomic E-state index is 11.6. The van der Waals surface area contributed by atoms with Gasteiger partial charge in [0.15, 0.2) is 0 Å². The molecule has 0 aliphatic heterocycles. The summed E-state index contributed by atoms with van der Waals surface area (Å²) >= 11 is 5.60. The highest BCUT2D eigenvalue weighted by Gasteiger charge is 2.12. The van der Waals surface area contributed by atoms with E-state index in [0.717, 1.165) is 0 Å². The molecule has 0 bridgehead atoms. The van der Waals surface area contributed by atoms with Crippen molar-refractivity contribution in [1.82, 2.24) is 10.3 Å². The summed E-state index contributed by atoms with van der Waals surface area (Å²) in [6.45, 7) is 0.0733. The summed E-state index contributed by atoms with van der Waals surface area (Å²) in [5, 5.41) is 11.9. The van der Waals surface area contributed by atoms with Gasteiger partial charge in [-0.3, -0.25) is 4.79 Å². The molecule has 0 aromatic carbocycles. The molecule has 6 heteroatoms. The number of halogens is 1. The Hall–Kier alpha value is -1.17. The summed E-state index contributed by atoms with van der Waals surface area (Å²) in [6.07, 6.45) is 1.37. The summed E-state index contributed by atoms with van der Waals surface area (Å²) in [7, 11) is 1.50. The van der Waals surface area contributed by atoms with Gasteiger partial charge in [0.1, 0.15) is 5.15 Å². The number of carbonyl (C=O) groups is 1. The van der Waals surface area contributed by atoms with Crippen LogP contribution in [0.2, 0.25) is 5.15 Å². The van der Waals surface area contributed by atoms with Crippen molar-refractivity contribution in [1.29, 1.82) is 0 Å². The number of nitrogens with zero attached hydrogens (tertiary/aromatic N) is 1. The zero-order valence-corrected chi connectivity index (χ0v) is 9.57. The Bertz CT molecular complexity index is 342. The van der Waals surface area contributed by atoms with E-state index in [4.69, 9.17) is 21.4 Å². The van der Waals surface area contributed by atoms with Crippen LogP contribution in [0.25, 0.3) is 0 Å². The van der Waals surface area contributed by atoms with Crippen molar-refractivity contribution in [2.75, 3.05) is 20.3 Å². The second-order valence-electron chi connectivity index (χ2n) is 3.18. The summed E-state index contributed by atoms with van der Waals surface area (Å²) in [4.78, 5) is 15.4. The number of aliphatic hydroxyl groups is 1. The fraction of sp³-hybridized carbons (Fsp3) is 0.400. The van der Waals surface area contributed by atoms with Gasteiger partial charge in [0.05, 0.1) is 24.8 Å². The number of aliphatic hydroxyl groups excluding tert-OH is 1. The third kappa shape index (κ3) is 3.77. The van der Waals surface area contributed by atoms with Crippen LogP contribution in [-0.2, 0) is 4.74 Å². The van der Waals surface area contributed by atoms with Gasteiger partial charge in [0.25, 0.3) is 5.91 Å². The maximum atomic E-state index is 11.6. The predicted molar refractivity (Wildman–Crippen MR) is 59.5 cm³/mol. The van der Waals surface area contributed by atoms with E-state index in [-0.39, 0.29) is 19.1 Å². The van der Waals surface area contributed by atoms with Gasteiger partial charge in [-0.1, -0.05) is 11.6 Å². The lowest BCUT2D eigenvalue weighted by molar-refractivity contribution is 0.0839. The summed E-state index contributed by atoms with van der Waals surface area (Å²) < 4.78 is 4.84. The molecule has 1 aromatic heterocycles. The van der Waals surface area contributed by atoms with Gasteiger partial charge in [-0.15, -0.1) is 0 Å². The Morgan fingerprint density at radius 3 is 2.94 bits per heavy atom. The monoisotopic (exact) mass is 244 g/mol. The second kappa shape index (κ2) is 6.42. The van der Waals surface area contributed by atoms with Crippen LogP contribution in [0, 0.1) is 0 Å². The van der Waals surface area contributed by atoms with Crippen LogP contribution < -0.4 is 5.32 Å². The lowest BCUT2D eigenvalue weighted by Gasteiger charge is -2.14. The third-order valence-corrected chi connectivity index (χ3v) is 2.14. The van der Waals surface area contributed by atoms with Crippen molar-refractivity contribution < 1.29 is 14.6 Å². The number of ether oxygens (including phenoxy) is 1. The highest BCUT2D eigenvalue weighted by atomic mass is 35.5. The van der Waals surface area contributed by atoms with Gasteiger partial charge in [-0.05, 0) is 12.1 Å². The van der Waals surface area contributed by atoms with E-state index in [2.05, 4.69) is 10.3 Å². The Balaban J connectivity index is 2.60. The molecule has 16 heavy (non-hydrogen) atoms. The molecule has 1 atom stereocenters. The zero-order chi connectivity index (χ0) is 12.0. The van der Waals surface area contributed by atoms with Crippen molar-refractivity contribution in [2.24, 2.45) is 0 Å². The number of nitrogens with one attached hydrogen (secondary N) is 1. The molecule has 1 amide bonds. The van der Waals surface area contributed by atoms with E-state index in [1.165, 1.54) is 19.4 Å². The van der Waals surface area contributed by atoms with Crippen LogP contribution in [0.1, 0.15) is 10.4 Å². The number of methoxy groups -OCH3 is 1. The predicted octanol–water partition coefficient (Wildman–Crippen LogP) is 0.472. The average Bonchev–Trinajstić information content (AvgIpc) is 2.29. The number of hydrogen-bond donors (Lipinski definition) is 2. The first-order valence-electron chi connectivity index (χ1n) is 4.69. The van der Waals surface area contributed by atoms with Crippen LogP contribution in [0.15, 0.2) is 18.3 Å². The minimum atomic E-state index is -0.423. The topological polar surface area (TPSA) is 71.5 Å². The first kappa shape index (κ1) is 12.9. The minimum absolute atomic E-state index is 0.180. The zero-order valence-electron chi connectivity index (χ0n) is 8.81. The van der Waals surface area contributed by atoms with Gasteiger partial charge in [-0.25, -0.2) is 4.98 Å². The molecule has 1 unspecified atom stereocenters. The maximum Gasteiger partial charge on any atom is 0.253 e. The Kier molecular flexibility index (Phi) is 5.18. The van der Waals surface area contributed by atoms with Gasteiger partial charge < -0.3 is 15.2 Å². The van der Waals surface area contributed by atoms with Crippen LogP contribution in [0.3, 0.4) is 0 Å². The molecule has 1 aromatic rings. The summed E-state index contributed by atoms with van der Waals surface area (Å²) in [5.74, 6) is -0.319. The van der Waals surface area contributed by atoms with Gasteiger partial charge in [0.2, 0.25) is 0 Å². The Morgan fingerprint density at radius 2 is 2.44 bits per heavy atom. The Labute approximate surface area is 98.4 Å². The van der Waals surface area contributed by atoms with E-state index >= 15 is 0 Å². The summed E-state index contributed by atoms with van der Waals surface area (Å²) in [5.41, 5.74) is 0.388. The van der Waals surface area contributed by atoms with Crippen molar-refractivity contribution >= 4 is 17.5 Å². The second-order valence-corrected chi connectivity index (χ2v) is 3.57. The highest BCUT2D eigenvalue weighted by molar-refractivity contribution is 6.29. The first-order valence-corrected chi connectivity index (χ1v) is 5.07. The molecular weight excluding hydrogens is 232 g/mol. The molecule has 0 spiro atoms. The lowest BCUT2D eigenvalue weighted by Crippen LogP contribution is -2.40. The lowest BCUT2D eigenvalue weighted by atomic mass is 10.2. The number of pyridine rings is 1. The Morgan fingerprint density at radius 1 is 1.69 bits per heavy atom. The van der Waals surface area contributed by atoms with Gasteiger partial charge >= 0.3 is 0 Å². The molecule has 0 aliphatic rings. The van der Waals surface area contributed by atoms with Crippen molar-refractivity contribution in [3.05, 3.63) is 29.0 Å². The number of carbonyl (C=O) groups excluding carboxylic acids is 1. The van der Waals surface area contributed by atoms with Crippen molar-refractivity contribution in [3.63, 3.8) is 0 Å². The average molecular weight is 245 g/mol. The van der Waals surface area contributed by atoms with E-state index in [9.17, 15) is 4.79 Å². The summed E-state index contributed by atoms with van der Waals surface area (Å²) in [6, 6.07) is 2.67.